The van der Waals surface area contributed by atoms with Gasteiger partial charge in [0, 0.05) is 12.3 Å². The highest BCUT2D eigenvalue weighted by molar-refractivity contribution is 5.18. The van der Waals surface area contributed by atoms with Crippen molar-refractivity contribution in [2.24, 2.45) is 11.7 Å². The van der Waals surface area contributed by atoms with Gasteiger partial charge in [0.05, 0.1) is 12.5 Å². The third-order valence-corrected chi connectivity index (χ3v) is 3.50. The zero-order chi connectivity index (χ0) is 15.8. The molecule has 0 amide bonds. The number of aromatic nitrogens is 2. The summed E-state index contributed by atoms with van der Waals surface area (Å²) in [6, 6.07) is 1.06. The summed E-state index contributed by atoms with van der Waals surface area (Å²) in [5.41, 5.74) is 2.16. The Balaban J connectivity index is 2.54. The molecule has 1 aromatic heterocycles. The first-order valence-electron chi connectivity index (χ1n) is 6.06. The van der Waals surface area contributed by atoms with Crippen molar-refractivity contribution in [2.45, 2.75) is 24.2 Å². The number of H-pyrrole nitrogens is 1. The van der Waals surface area contributed by atoms with Gasteiger partial charge in [-0.05, 0) is 0 Å². The summed E-state index contributed by atoms with van der Waals surface area (Å²) in [6.45, 7) is -0.734. The highest BCUT2D eigenvalue weighted by Gasteiger charge is 2.56. The summed E-state index contributed by atoms with van der Waals surface area (Å²) in [5, 5.41) is 29.2. The first-order chi connectivity index (χ1) is 9.86. The minimum atomic E-state index is -1.80. The molecular formula is C12H15N3O6. The number of terminal acetylenes is 1. The molecule has 114 valence electrons. The van der Waals surface area contributed by atoms with Crippen LogP contribution in [-0.2, 0) is 4.74 Å². The van der Waals surface area contributed by atoms with Gasteiger partial charge in [0.25, 0.3) is 5.56 Å². The standard InChI is InChI=1S/C12H15N3O6/c1-2-12(5-16)8(18)7(9(13)19)10(21-12)15-4-3-6(17)14-11(15)20/h1,3-4,7-10,16,18-19H,5,13H2,(H,14,17,20)/t7-,8+,9?,10-,12-/m1/s1. The van der Waals surface area contributed by atoms with Gasteiger partial charge in [0.2, 0.25) is 0 Å². The smallest absolute Gasteiger partial charge is 0.330 e. The van der Waals surface area contributed by atoms with Crippen LogP contribution >= 0.6 is 0 Å². The Labute approximate surface area is 118 Å². The second-order valence-electron chi connectivity index (χ2n) is 4.73. The van der Waals surface area contributed by atoms with Crippen LogP contribution in [0.15, 0.2) is 21.9 Å². The average Bonchev–Trinajstić information content (AvgIpc) is 2.72. The molecule has 1 unspecified atom stereocenters. The van der Waals surface area contributed by atoms with Crippen molar-refractivity contribution in [2.75, 3.05) is 6.61 Å². The van der Waals surface area contributed by atoms with E-state index >= 15 is 0 Å². The van der Waals surface area contributed by atoms with E-state index in [0.29, 0.717) is 0 Å². The molecule has 0 aromatic carbocycles. The Morgan fingerprint density at radius 1 is 1.62 bits per heavy atom. The lowest BCUT2D eigenvalue weighted by Gasteiger charge is -2.25. The van der Waals surface area contributed by atoms with Crippen molar-refractivity contribution in [3.05, 3.63) is 33.1 Å². The van der Waals surface area contributed by atoms with E-state index in [1.807, 2.05) is 4.98 Å². The molecule has 2 rings (SSSR count). The minimum Gasteiger partial charge on any atom is -0.392 e. The van der Waals surface area contributed by atoms with Crippen LogP contribution in [-0.4, -0.2) is 49.4 Å². The Hall–Kier alpha value is -1.96. The fourth-order valence-corrected chi connectivity index (χ4v) is 2.35. The third-order valence-electron chi connectivity index (χ3n) is 3.50. The van der Waals surface area contributed by atoms with Crippen LogP contribution in [0.5, 0.6) is 0 Å². The molecule has 1 aliphatic rings. The minimum absolute atomic E-state index is 0.620. The monoisotopic (exact) mass is 297 g/mol. The van der Waals surface area contributed by atoms with Crippen molar-refractivity contribution in [3.8, 4) is 12.3 Å². The van der Waals surface area contributed by atoms with Gasteiger partial charge in [-0.2, -0.15) is 0 Å². The van der Waals surface area contributed by atoms with Gasteiger partial charge in [-0.1, -0.05) is 5.92 Å². The second-order valence-corrected chi connectivity index (χ2v) is 4.73. The molecule has 0 spiro atoms. The molecule has 0 radical (unpaired) electrons. The van der Waals surface area contributed by atoms with Crippen LogP contribution < -0.4 is 17.0 Å². The Bertz CT molecular complexity index is 675. The summed E-state index contributed by atoms with van der Waals surface area (Å²) in [4.78, 5) is 24.9. The maximum Gasteiger partial charge on any atom is 0.330 e. The van der Waals surface area contributed by atoms with Crippen molar-refractivity contribution in [3.63, 3.8) is 0 Å². The number of hydrogen-bond donors (Lipinski definition) is 5. The molecule has 1 aliphatic heterocycles. The van der Waals surface area contributed by atoms with Gasteiger partial charge >= 0.3 is 5.69 Å². The number of ether oxygens (including phenoxy) is 1. The van der Waals surface area contributed by atoms with E-state index in [-0.39, 0.29) is 0 Å². The molecule has 1 saturated heterocycles. The molecule has 2 heterocycles. The molecule has 1 aromatic rings. The van der Waals surface area contributed by atoms with Gasteiger partial charge in [-0.25, -0.2) is 4.79 Å². The Kier molecular flexibility index (Phi) is 3.99. The van der Waals surface area contributed by atoms with Crippen molar-refractivity contribution in [1.82, 2.24) is 9.55 Å². The number of nitrogens with zero attached hydrogens (tertiary/aromatic N) is 1. The first-order valence-corrected chi connectivity index (χ1v) is 6.06. The van der Waals surface area contributed by atoms with E-state index in [2.05, 4.69) is 5.92 Å². The lowest BCUT2D eigenvalue weighted by molar-refractivity contribution is -0.0933. The molecule has 0 aliphatic carbocycles. The van der Waals surface area contributed by atoms with E-state index in [1.165, 1.54) is 0 Å². The SMILES string of the molecule is C#C[C@]1(CO)O[C@@H](n2ccc(=O)[nH]c2=O)[C@@H](C(N)O)[C@@H]1O. The lowest BCUT2D eigenvalue weighted by Crippen LogP contribution is -2.48. The van der Waals surface area contributed by atoms with Crippen molar-refractivity contribution >= 4 is 0 Å². The lowest BCUT2D eigenvalue weighted by atomic mass is 9.89. The van der Waals surface area contributed by atoms with Gasteiger partial charge < -0.3 is 25.8 Å². The number of aliphatic hydroxyl groups excluding tert-OH is 3. The van der Waals surface area contributed by atoms with Crippen LogP contribution in [0, 0.1) is 18.3 Å². The van der Waals surface area contributed by atoms with Gasteiger partial charge in [-0.15, -0.1) is 6.42 Å². The van der Waals surface area contributed by atoms with Crippen molar-refractivity contribution in [1.29, 1.82) is 0 Å². The van der Waals surface area contributed by atoms with Crippen LogP contribution in [0.4, 0.5) is 0 Å². The molecule has 9 nitrogen and oxygen atoms in total. The summed E-state index contributed by atoms with van der Waals surface area (Å²) >= 11 is 0. The van der Waals surface area contributed by atoms with Gasteiger partial charge in [0.15, 0.2) is 5.60 Å². The maximum atomic E-state index is 11.8. The predicted octanol–water partition coefficient (Wildman–Crippen LogP) is -3.32. The third kappa shape index (κ3) is 2.39. The Morgan fingerprint density at radius 2 is 2.29 bits per heavy atom. The molecule has 1 fully saturated rings. The van der Waals surface area contributed by atoms with Crippen LogP contribution in [0.25, 0.3) is 0 Å². The first kappa shape index (κ1) is 15.4. The molecule has 21 heavy (non-hydrogen) atoms. The van der Waals surface area contributed by atoms with Crippen molar-refractivity contribution < 1.29 is 20.1 Å². The number of aromatic amines is 1. The number of aliphatic hydroxyl groups is 3. The Morgan fingerprint density at radius 3 is 2.76 bits per heavy atom. The summed E-state index contributed by atoms with van der Waals surface area (Å²) in [5.74, 6) is 0.946. The largest absolute Gasteiger partial charge is 0.392 e. The molecular weight excluding hydrogens is 282 g/mol. The topological polar surface area (TPSA) is 151 Å². The number of hydrogen-bond acceptors (Lipinski definition) is 7. The summed E-state index contributed by atoms with van der Waals surface area (Å²) < 4.78 is 6.34. The van der Waals surface area contributed by atoms with E-state index in [1.54, 1.807) is 0 Å². The normalized spacial score (nSPS) is 33.6. The number of rotatable bonds is 3. The van der Waals surface area contributed by atoms with Gasteiger partial charge in [-0.3, -0.25) is 14.3 Å². The predicted molar refractivity (Wildman–Crippen MR) is 69.8 cm³/mol. The van der Waals surface area contributed by atoms with E-state index in [4.69, 9.17) is 16.9 Å². The van der Waals surface area contributed by atoms with Crippen LogP contribution in [0.3, 0.4) is 0 Å². The van der Waals surface area contributed by atoms with Crippen LogP contribution in [0.1, 0.15) is 6.23 Å². The van der Waals surface area contributed by atoms with E-state index < -0.39 is 47.9 Å². The highest BCUT2D eigenvalue weighted by atomic mass is 16.6. The number of nitrogens with one attached hydrogen (secondary N) is 1. The fourth-order valence-electron chi connectivity index (χ4n) is 2.35. The van der Waals surface area contributed by atoms with E-state index in [9.17, 15) is 24.9 Å². The average molecular weight is 297 g/mol. The summed E-state index contributed by atoms with van der Waals surface area (Å²) in [6.07, 6.45) is 2.08. The van der Waals surface area contributed by atoms with Crippen LogP contribution in [0.2, 0.25) is 0 Å². The quantitative estimate of drug-likeness (QED) is 0.289. The zero-order valence-corrected chi connectivity index (χ0v) is 10.8. The molecule has 6 N–H and O–H groups in total. The molecule has 0 saturated carbocycles. The molecule has 5 atom stereocenters. The van der Waals surface area contributed by atoms with E-state index in [0.717, 1.165) is 16.8 Å². The van der Waals surface area contributed by atoms with Gasteiger partial charge in [0.1, 0.15) is 18.6 Å². The zero-order valence-electron chi connectivity index (χ0n) is 10.8. The summed E-state index contributed by atoms with van der Waals surface area (Å²) in [7, 11) is 0. The molecule has 0 bridgehead atoms. The second kappa shape index (κ2) is 5.44. The highest BCUT2D eigenvalue weighted by Crippen LogP contribution is 2.41. The maximum absolute atomic E-state index is 11.8. The number of nitrogens with two attached hydrogens (primary N) is 1. The molecule has 9 heteroatoms. The fraction of sp³-hybridized carbons (Fsp3) is 0.500.